The standard InChI is InChI=1S/C23H24O.C11H16O.CH2O/c1-17-5-13-21(14-6-17)24-22-15-9-19(10-16-22)18-7-11-20(12-8-18)23(2,3)4;1-9-5-7-10(8-6-9)12-11(2,3)4;1-2/h5-16H,1-4H3;5-8H,1-4H3;1H2. The van der Waals surface area contributed by atoms with Crippen LogP contribution in [0.15, 0.2) is 97.1 Å². The Morgan fingerprint density at radius 3 is 1.21 bits per heavy atom. The molecule has 0 bridgehead atoms. The van der Waals surface area contributed by atoms with Crippen LogP contribution in [0.3, 0.4) is 0 Å². The smallest absolute Gasteiger partial charge is 0.127 e. The molecule has 200 valence electrons. The van der Waals surface area contributed by atoms with E-state index in [2.05, 4.69) is 95.3 Å². The van der Waals surface area contributed by atoms with E-state index in [0.29, 0.717) is 0 Å². The summed E-state index contributed by atoms with van der Waals surface area (Å²) < 4.78 is 11.5. The van der Waals surface area contributed by atoms with Gasteiger partial charge in [0.1, 0.15) is 29.6 Å². The molecule has 0 spiro atoms. The minimum Gasteiger partial charge on any atom is -0.488 e. The number of aryl methyl sites for hydroxylation is 2. The first kappa shape index (κ1) is 30.4. The van der Waals surface area contributed by atoms with Crippen LogP contribution in [0, 0.1) is 13.8 Å². The van der Waals surface area contributed by atoms with Gasteiger partial charge in [-0.15, -0.1) is 0 Å². The molecule has 0 aliphatic carbocycles. The van der Waals surface area contributed by atoms with Crippen LogP contribution in [0.4, 0.5) is 0 Å². The maximum Gasteiger partial charge on any atom is 0.127 e. The van der Waals surface area contributed by atoms with Crippen molar-refractivity contribution in [1.29, 1.82) is 0 Å². The Hall–Kier alpha value is -3.85. The van der Waals surface area contributed by atoms with Crippen molar-refractivity contribution in [2.45, 2.75) is 66.4 Å². The van der Waals surface area contributed by atoms with Crippen LogP contribution in [0.5, 0.6) is 17.2 Å². The highest BCUT2D eigenvalue weighted by molar-refractivity contribution is 5.64. The van der Waals surface area contributed by atoms with Crippen molar-refractivity contribution in [1.82, 2.24) is 0 Å². The highest BCUT2D eigenvalue weighted by atomic mass is 16.5. The molecule has 4 aromatic carbocycles. The number of benzene rings is 4. The van der Waals surface area contributed by atoms with Crippen molar-refractivity contribution in [2.24, 2.45) is 0 Å². The number of ether oxygens (including phenoxy) is 2. The summed E-state index contributed by atoms with van der Waals surface area (Å²) in [5, 5.41) is 0. The molecule has 4 aromatic rings. The lowest BCUT2D eigenvalue weighted by atomic mass is 9.86. The molecule has 0 aromatic heterocycles. The zero-order valence-corrected chi connectivity index (χ0v) is 24.2. The first-order chi connectivity index (χ1) is 17.9. The molecule has 3 nitrogen and oxygen atoms in total. The number of carbonyl (C=O) groups is 1. The third-order valence-electron chi connectivity index (χ3n) is 5.64. The van der Waals surface area contributed by atoms with Crippen LogP contribution in [0.25, 0.3) is 11.1 Å². The van der Waals surface area contributed by atoms with Crippen LogP contribution in [0.2, 0.25) is 0 Å². The van der Waals surface area contributed by atoms with E-state index >= 15 is 0 Å². The minimum absolute atomic E-state index is 0.102. The molecule has 0 amide bonds. The number of hydrogen-bond donors (Lipinski definition) is 0. The monoisotopic (exact) mass is 510 g/mol. The van der Waals surface area contributed by atoms with E-state index in [0.717, 1.165) is 17.2 Å². The average Bonchev–Trinajstić information content (AvgIpc) is 2.88. The van der Waals surface area contributed by atoms with E-state index in [4.69, 9.17) is 14.3 Å². The Morgan fingerprint density at radius 2 is 0.842 bits per heavy atom. The summed E-state index contributed by atoms with van der Waals surface area (Å²) in [4.78, 5) is 8.00. The molecule has 38 heavy (non-hydrogen) atoms. The summed E-state index contributed by atoms with van der Waals surface area (Å²) in [5.74, 6) is 2.66. The Kier molecular flexibility index (Phi) is 10.9. The van der Waals surface area contributed by atoms with Gasteiger partial charge in [0.15, 0.2) is 0 Å². The van der Waals surface area contributed by atoms with Crippen molar-refractivity contribution in [2.75, 3.05) is 0 Å². The van der Waals surface area contributed by atoms with Crippen LogP contribution >= 0.6 is 0 Å². The first-order valence-corrected chi connectivity index (χ1v) is 12.9. The third kappa shape index (κ3) is 10.3. The molecule has 0 N–H and O–H groups in total. The average molecular weight is 511 g/mol. The van der Waals surface area contributed by atoms with E-state index in [-0.39, 0.29) is 11.0 Å². The second-order valence-corrected chi connectivity index (χ2v) is 11.3. The van der Waals surface area contributed by atoms with Gasteiger partial charge < -0.3 is 14.3 Å². The van der Waals surface area contributed by atoms with Gasteiger partial charge in [-0.05, 0) is 93.1 Å². The lowest BCUT2D eigenvalue weighted by molar-refractivity contribution is -0.0980. The van der Waals surface area contributed by atoms with E-state index in [1.165, 1.54) is 27.8 Å². The zero-order valence-electron chi connectivity index (χ0n) is 24.2. The molecule has 0 saturated carbocycles. The highest BCUT2D eigenvalue weighted by Crippen LogP contribution is 2.28. The van der Waals surface area contributed by atoms with Crippen LogP contribution < -0.4 is 9.47 Å². The largest absolute Gasteiger partial charge is 0.488 e. The van der Waals surface area contributed by atoms with Gasteiger partial charge in [-0.1, -0.05) is 92.6 Å². The Morgan fingerprint density at radius 1 is 0.500 bits per heavy atom. The van der Waals surface area contributed by atoms with Gasteiger partial charge in [0.25, 0.3) is 0 Å². The summed E-state index contributed by atoms with van der Waals surface area (Å²) in [6.45, 7) is 19.0. The summed E-state index contributed by atoms with van der Waals surface area (Å²) in [6, 6.07) is 33.3. The number of carbonyl (C=O) groups excluding carboxylic acids is 1. The molecule has 0 heterocycles. The summed E-state index contributed by atoms with van der Waals surface area (Å²) in [6.07, 6.45) is 0. The topological polar surface area (TPSA) is 35.5 Å². The fourth-order valence-electron chi connectivity index (χ4n) is 3.58. The molecule has 0 saturated heterocycles. The first-order valence-electron chi connectivity index (χ1n) is 12.9. The molecule has 0 fully saturated rings. The predicted molar refractivity (Wildman–Crippen MR) is 161 cm³/mol. The lowest BCUT2D eigenvalue weighted by Crippen LogP contribution is -2.22. The van der Waals surface area contributed by atoms with Gasteiger partial charge in [0.2, 0.25) is 0 Å². The molecular formula is C35H42O3. The van der Waals surface area contributed by atoms with Gasteiger partial charge >= 0.3 is 0 Å². The van der Waals surface area contributed by atoms with E-state index in [9.17, 15) is 0 Å². The van der Waals surface area contributed by atoms with Crippen molar-refractivity contribution in [3.8, 4) is 28.4 Å². The molecule has 0 radical (unpaired) electrons. The highest BCUT2D eigenvalue weighted by Gasteiger charge is 2.13. The molecule has 0 unspecified atom stereocenters. The third-order valence-corrected chi connectivity index (χ3v) is 5.64. The Bertz CT molecular complexity index is 1220. The number of rotatable bonds is 4. The number of hydrogen-bond acceptors (Lipinski definition) is 3. The quantitative estimate of drug-likeness (QED) is 0.274. The van der Waals surface area contributed by atoms with Gasteiger partial charge in [0, 0.05) is 0 Å². The predicted octanol–water partition coefficient (Wildman–Crippen LogP) is 9.74. The summed E-state index contributed by atoms with van der Waals surface area (Å²) >= 11 is 0. The van der Waals surface area contributed by atoms with Crippen molar-refractivity contribution in [3.05, 3.63) is 114 Å². The van der Waals surface area contributed by atoms with Crippen molar-refractivity contribution < 1.29 is 14.3 Å². The maximum absolute atomic E-state index is 8.00. The Labute approximate surface area is 229 Å². The molecule has 4 rings (SSSR count). The van der Waals surface area contributed by atoms with Gasteiger partial charge in [-0.3, -0.25) is 0 Å². The fourth-order valence-corrected chi connectivity index (χ4v) is 3.58. The van der Waals surface area contributed by atoms with Crippen LogP contribution in [0.1, 0.15) is 58.2 Å². The van der Waals surface area contributed by atoms with Crippen molar-refractivity contribution in [3.63, 3.8) is 0 Å². The van der Waals surface area contributed by atoms with Gasteiger partial charge in [0.05, 0.1) is 0 Å². The maximum atomic E-state index is 8.00. The second kappa shape index (κ2) is 13.6. The normalized spacial score (nSPS) is 10.8. The Balaban J connectivity index is 0.000000305. The molecule has 3 heteroatoms. The van der Waals surface area contributed by atoms with Crippen molar-refractivity contribution >= 4 is 6.79 Å². The molecule has 0 atom stereocenters. The van der Waals surface area contributed by atoms with Crippen LogP contribution in [-0.2, 0) is 10.2 Å². The summed E-state index contributed by atoms with van der Waals surface area (Å²) in [7, 11) is 0. The minimum atomic E-state index is -0.102. The molecule has 0 aliphatic rings. The van der Waals surface area contributed by atoms with Gasteiger partial charge in [-0.25, -0.2) is 0 Å². The van der Waals surface area contributed by atoms with Crippen LogP contribution in [-0.4, -0.2) is 12.4 Å². The second-order valence-electron chi connectivity index (χ2n) is 11.3. The fraction of sp³-hybridized carbons (Fsp3) is 0.286. The molecular weight excluding hydrogens is 468 g/mol. The van der Waals surface area contributed by atoms with E-state index in [1.807, 2.05) is 64.0 Å². The molecule has 0 aliphatic heterocycles. The zero-order chi connectivity index (χ0) is 28.3. The van der Waals surface area contributed by atoms with E-state index in [1.54, 1.807) is 0 Å². The SMILES string of the molecule is C=O.Cc1ccc(OC(C)(C)C)cc1.Cc1ccc(Oc2ccc(-c3ccc(C(C)(C)C)cc3)cc2)cc1. The summed E-state index contributed by atoms with van der Waals surface area (Å²) in [5.41, 5.74) is 6.36. The van der Waals surface area contributed by atoms with E-state index < -0.39 is 0 Å². The lowest BCUT2D eigenvalue weighted by Gasteiger charge is -2.21. The van der Waals surface area contributed by atoms with Gasteiger partial charge in [-0.2, -0.15) is 0 Å².